The summed E-state index contributed by atoms with van der Waals surface area (Å²) in [5.74, 6) is 0.950. The van der Waals surface area contributed by atoms with Gasteiger partial charge in [-0.25, -0.2) is 0 Å². The van der Waals surface area contributed by atoms with Gasteiger partial charge in [-0.1, -0.05) is 6.58 Å². The number of ether oxygens (including phenoxy) is 1. The third-order valence-corrected chi connectivity index (χ3v) is 2.72. The van der Waals surface area contributed by atoms with Gasteiger partial charge in [0.1, 0.15) is 5.76 Å². The Labute approximate surface area is 87.9 Å². The van der Waals surface area contributed by atoms with Crippen LogP contribution >= 0.6 is 0 Å². The molecule has 1 atom stereocenters. The Morgan fingerprint density at radius 1 is 1.36 bits per heavy atom. The Morgan fingerprint density at radius 2 is 2.00 bits per heavy atom. The molecule has 0 saturated carbocycles. The maximum absolute atomic E-state index is 5.68. The van der Waals surface area contributed by atoms with Gasteiger partial charge < -0.3 is 4.74 Å². The maximum Gasteiger partial charge on any atom is 0.106 e. The number of nitrogens with zero attached hydrogens (tertiary/aromatic N) is 1. The highest BCUT2D eigenvalue weighted by atomic mass is 16.5. The number of rotatable bonds is 4. The van der Waals surface area contributed by atoms with Gasteiger partial charge in [0, 0.05) is 6.04 Å². The molecule has 1 fully saturated rings. The van der Waals surface area contributed by atoms with Crippen LogP contribution in [0, 0.1) is 0 Å². The lowest BCUT2D eigenvalue weighted by atomic mass is 10.1. The van der Waals surface area contributed by atoms with Crippen molar-refractivity contribution in [3.63, 3.8) is 0 Å². The van der Waals surface area contributed by atoms with Crippen LogP contribution in [0.15, 0.2) is 12.3 Å². The lowest BCUT2D eigenvalue weighted by Gasteiger charge is -2.30. The molecule has 0 aromatic carbocycles. The van der Waals surface area contributed by atoms with Gasteiger partial charge in [0.25, 0.3) is 0 Å². The lowest BCUT2D eigenvalue weighted by molar-refractivity contribution is 0.0934. The molecular weight excluding hydrogens is 174 g/mol. The van der Waals surface area contributed by atoms with Gasteiger partial charge in [0.2, 0.25) is 0 Å². The van der Waals surface area contributed by atoms with Crippen LogP contribution in [0.25, 0.3) is 0 Å². The van der Waals surface area contributed by atoms with E-state index in [9.17, 15) is 0 Å². The predicted octanol–water partition coefficient (Wildman–Crippen LogP) is 2.80. The fourth-order valence-corrected chi connectivity index (χ4v) is 2.13. The van der Waals surface area contributed by atoms with Crippen LogP contribution < -0.4 is 0 Å². The molecule has 14 heavy (non-hydrogen) atoms. The van der Waals surface area contributed by atoms with E-state index in [0.717, 1.165) is 5.76 Å². The summed E-state index contributed by atoms with van der Waals surface area (Å²) in [4.78, 5) is 2.48. The Balaban J connectivity index is 2.53. The first kappa shape index (κ1) is 11.6. The molecule has 0 aliphatic carbocycles. The molecule has 0 aromatic rings. The number of hydrogen-bond acceptors (Lipinski definition) is 2. The monoisotopic (exact) mass is 197 g/mol. The van der Waals surface area contributed by atoms with Gasteiger partial charge in [-0.15, -0.1) is 0 Å². The first-order valence-electron chi connectivity index (χ1n) is 5.63. The van der Waals surface area contributed by atoms with E-state index >= 15 is 0 Å². The quantitative estimate of drug-likeness (QED) is 0.643. The van der Waals surface area contributed by atoms with E-state index in [-0.39, 0.29) is 6.10 Å². The van der Waals surface area contributed by atoms with E-state index in [1.165, 1.54) is 19.4 Å². The summed E-state index contributed by atoms with van der Waals surface area (Å²) >= 11 is 0. The summed E-state index contributed by atoms with van der Waals surface area (Å²) in [6, 6.07) is 1.03. The molecule has 0 radical (unpaired) electrons. The number of hydrogen-bond donors (Lipinski definition) is 0. The number of likely N-dealkylation sites (tertiary alicyclic amines) is 1. The predicted molar refractivity (Wildman–Crippen MR) is 60.2 cm³/mol. The molecule has 0 bridgehead atoms. The highest BCUT2D eigenvalue weighted by molar-refractivity contribution is 5.02. The summed E-state index contributed by atoms with van der Waals surface area (Å²) in [5.41, 5.74) is 0. The molecule has 1 heterocycles. The van der Waals surface area contributed by atoms with Crippen molar-refractivity contribution in [3.05, 3.63) is 12.3 Å². The normalized spacial score (nSPS) is 23.4. The third kappa shape index (κ3) is 2.74. The molecule has 0 N–H and O–H groups in total. The van der Waals surface area contributed by atoms with Gasteiger partial charge in [-0.2, -0.15) is 0 Å². The highest BCUT2D eigenvalue weighted by Gasteiger charge is 2.29. The average molecular weight is 197 g/mol. The van der Waals surface area contributed by atoms with E-state index < -0.39 is 0 Å². The van der Waals surface area contributed by atoms with Gasteiger partial charge in [-0.05, 0) is 47.1 Å². The van der Waals surface area contributed by atoms with Crippen molar-refractivity contribution in [2.24, 2.45) is 0 Å². The second kappa shape index (κ2) is 4.83. The van der Waals surface area contributed by atoms with Gasteiger partial charge in [0.05, 0.1) is 12.1 Å². The lowest BCUT2D eigenvalue weighted by Crippen LogP contribution is -2.37. The van der Waals surface area contributed by atoms with Crippen LogP contribution in [0.1, 0.15) is 40.5 Å². The van der Waals surface area contributed by atoms with E-state index in [1.807, 2.05) is 0 Å². The zero-order valence-corrected chi connectivity index (χ0v) is 9.92. The molecule has 2 nitrogen and oxygen atoms in total. The van der Waals surface area contributed by atoms with Gasteiger partial charge >= 0.3 is 0 Å². The van der Waals surface area contributed by atoms with Crippen LogP contribution in [0.4, 0.5) is 0 Å². The highest BCUT2D eigenvalue weighted by Crippen LogP contribution is 2.26. The van der Waals surface area contributed by atoms with Crippen LogP contribution in [-0.4, -0.2) is 29.6 Å². The first-order valence-corrected chi connectivity index (χ1v) is 5.63. The molecule has 2 heteroatoms. The van der Waals surface area contributed by atoms with Crippen LogP contribution in [0.2, 0.25) is 0 Å². The third-order valence-electron chi connectivity index (χ3n) is 2.72. The van der Waals surface area contributed by atoms with Crippen LogP contribution in [0.5, 0.6) is 0 Å². The maximum atomic E-state index is 5.68. The van der Waals surface area contributed by atoms with Crippen molar-refractivity contribution in [2.45, 2.75) is 58.7 Å². The summed E-state index contributed by atoms with van der Waals surface area (Å²) in [7, 11) is 0. The zero-order valence-electron chi connectivity index (χ0n) is 9.92. The van der Waals surface area contributed by atoms with Crippen molar-refractivity contribution in [3.8, 4) is 0 Å². The Hall–Kier alpha value is -0.500. The molecule has 0 unspecified atom stereocenters. The van der Waals surface area contributed by atoms with E-state index in [0.29, 0.717) is 12.1 Å². The molecule has 1 aliphatic rings. The second-order valence-electron chi connectivity index (χ2n) is 4.62. The van der Waals surface area contributed by atoms with Crippen molar-refractivity contribution in [1.29, 1.82) is 0 Å². The molecule has 1 aliphatic heterocycles. The van der Waals surface area contributed by atoms with Gasteiger partial charge in [-0.3, -0.25) is 4.90 Å². The van der Waals surface area contributed by atoms with E-state index in [2.05, 4.69) is 39.2 Å². The smallest absolute Gasteiger partial charge is 0.106 e. The van der Waals surface area contributed by atoms with Gasteiger partial charge in [0.15, 0.2) is 0 Å². The van der Waals surface area contributed by atoms with Crippen molar-refractivity contribution in [2.75, 3.05) is 6.54 Å². The van der Waals surface area contributed by atoms with Crippen LogP contribution in [-0.2, 0) is 4.74 Å². The Kier molecular flexibility index (Phi) is 3.99. The molecular formula is C12H23NO. The molecule has 1 saturated heterocycles. The van der Waals surface area contributed by atoms with Crippen molar-refractivity contribution < 1.29 is 4.74 Å². The molecule has 0 aromatic heterocycles. The topological polar surface area (TPSA) is 12.5 Å². The summed E-state index contributed by atoms with van der Waals surface area (Å²) in [5, 5.41) is 0. The summed E-state index contributed by atoms with van der Waals surface area (Å²) in [6.07, 6.45) is 2.71. The first-order chi connectivity index (χ1) is 6.52. The minimum absolute atomic E-state index is 0.247. The second-order valence-corrected chi connectivity index (χ2v) is 4.62. The molecule has 0 amide bonds. The van der Waals surface area contributed by atoms with E-state index in [4.69, 9.17) is 4.74 Å². The Bertz CT molecular complexity index is 198. The van der Waals surface area contributed by atoms with E-state index in [1.54, 1.807) is 0 Å². The zero-order chi connectivity index (χ0) is 10.7. The average Bonchev–Trinajstić information content (AvgIpc) is 2.49. The van der Waals surface area contributed by atoms with Crippen LogP contribution in [0.3, 0.4) is 0 Å². The largest absolute Gasteiger partial charge is 0.494 e. The fraction of sp³-hybridized carbons (Fsp3) is 0.833. The standard InChI is InChI=1S/C12H23NO/c1-9(2)13-8-6-7-12(13)11(5)14-10(3)4/h9-10,12H,5-8H2,1-4H3/t12-/m1/s1. The Morgan fingerprint density at radius 3 is 2.50 bits per heavy atom. The molecule has 82 valence electrons. The minimum atomic E-state index is 0.247. The minimum Gasteiger partial charge on any atom is -0.494 e. The summed E-state index contributed by atoms with van der Waals surface area (Å²) in [6.45, 7) is 13.8. The molecule has 1 rings (SSSR count). The summed E-state index contributed by atoms with van der Waals surface area (Å²) < 4.78 is 5.68. The SMILES string of the molecule is C=C(OC(C)C)[C@H]1CCCN1C(C)C. The molecule has 0 spiro atoms. The fourth-order valence-electron chi connectivity index (χ4n) is 2.13. The van der Waals surface area contributed by atoms with Crippen molar-refractivity contribution in [1.82, 2.24) is 4.90 Å². The van der Waals surface area contributed by atoms with Crippen molar-refractivity contribution >= 4 is 0 Å².